The van der Waals surface area contributed by atoms with Gasteiger partial charge in [-0.2, -0.15) is 0 Å². The van der Waals surface area contributed by atoms with Crippen molar-refractivity contribution < 1.29 is 19.5 Å². The van der Waals surface area contributed by atoms with E-state index in [1.807, 2.05) is 0 Å². The van der Waals surface area contributed by atoms with Crippen molar-refractivity contribution in [2.24, 2.45) is 0 Å². The zero-order valence-electron chi connectivity index (χ0n) is 11.2. The molecule has 0 aliphatic heterocycles. The maximum Gasteiger partial charge on any atom is 0.325 e. The lowest BCUT2D eigenvalue weighted by atomic mass is 10.1. The minimum Gasteiger partial charge on any atom is -0.480 e. The van der Waals surface area contributed by atoms with Crippen LogP contribution in [-0.4, -0.2) is 36.1 Å². The van der Waals surface area contributed by atoms with Crippen LogP contribution in [0, 0.1) is 0 Å². The summed E-state index contributed by atoms with van der Waals surface area (Å²) in [5, 5.41) is 16.2. The van der Waals surface area contributed by atoms with E-state index in [2.05, 4.69) is 16.0 Å². The zero-order chi connectivity index (χ0) is 15.1. The number of imide groups is 1. The highest BCUT2D eigenvalue weighted by molar-refractivity contribution is 5.96. The van der Waals surface area contributed by atoms with Gasteiger partial charge in [0.1, 0.15) is 6.04 Å². The summed E-state index contributed by atoms with van der Waals surface area (Å²) < 4.78 is 0. The molecule has 0 aromatic heterocycles. The lowest BCUT2D eigenvalue weighted by Crippen LogP contribution is -2.49. The maximum atomic E-state index is 11.7. The number of aliphatic carboxylic acids is 1. The molecule has 0 spiro atoms. The third kappa shape index (κ3) is 4.36. The van der Waals surface area contributed by atoms with E-state index in [4.69, 9.17) is 0 Å². The second kappa shape index (κ2) is 7.25. The number of rotatable bonds is 5. The number of hydrogen-bond acceptors (Lipinski definition) is 4. The molecule has 3 amide bonds. The molecular formula is C13H17N3O4. The van der Waals surface area contributed by atoms with Crippen LogP contribution in [0.1, 0.15) is 18.5 Å². The van der Waals surface area contributed by atoms with Crippen LogP contribution in [-0.2, 0) is 9.59 Å². The average Bonchev–Trinajstić information content (AvgIpc) is 2.44. The minimum absolute atomic E-state index is 0.527. The van der Waals surface area contributed by atoms with Crippen molar-refractivity contribution in [1.29, 1.82) is 0 Å². The quantitative estimate of drug-likeness (QED) is 0.618. The van der Waals surface area contributed by atoms with Crippen LogP contribution in [0.15, 0.2) is 30.3 Å². The maximum absolute atomic E-state index is 11.7. The Balaban J connectivity index is 2.74. The van der Waals surface area contributed by atoms with E-state index in [0.29, 0.717) is 5.56 Å². The summed E-state index contributed by atoms with van der Waals surface area (Å²) in [6.07, 6.45) is 0. The SMILES string of the molecule is CNC(=O)NC(=O)C(C)NC(C(=O)O)c1ccccc1. The number of nitrogens with one attached hydrogen (secondary N) is 3. The van der Waals surface area contributed by atoms with Crippen molar-refractivity contribution >= 4 is 17.9 Å². The summed E-state index contributed by atoms with van der Waals surface area (Å²) >= 11 is 0. The van der Waals surface area contributed by atoms with Crippen LogP contribution in [0.25, 0.3) is 0 Å². The smallest absolute Gasteiger partial charge is 0.325 e. The van der Waals surface area contributed by atoms with Crippen LogP contribution >= 0.6 is 0 Å². The van der Waals surface area contributed by atoms with E-state index >= 15 is 0 Å². The number of hydrogen-bond donors (Lipinski definition) is 4. The molecule has 2 atom stereocenters. The molecule has 0 radical (unpaired) electrons. The van der Waals surface area contributed by atoms with Crippen LogP contribution in [0.4, 0.5) is 4.79 Å². The second-order valence-electron chi connectivity index (χ2n) is 4.14. The Hall–Kier alpha value is -2.41. The molecule has 1 aromatic carbocycles. The number of benzene rings is 1. The fourth-order valence-electron chi connectivity index (χ4n) is 1.56. The van der Waals surface area contributed by atoms with Gasteiger partial charge in [-0.1, -0.05) is 30.3 Å². The predicted octanol–water partition coefficient (Wildman–Crippen LogP) is 0.246. The molecule has 108 valence electrons. The third-order valence-corrected chi connectivity index (χ3v) is 2.65. The summed E-state index contributed by atoms with van der Waals surface area (Å²) in [7, 11) is 1.38. The van der Waals surface area contributed by atoms with E-state index in [-0.39, 0.29) is 0 Å². The zero-order valence-corrected chi connectivity index (χ0v) is 11.2. The van der Waals surface area contributed by atoms with Crippen LogP contribution in [0.5, 0.6) is 0 Å². The van der Waals surface area contributed by atoms with Crippen molar-refractivity contribution in [3.05, 3.63) is 35.9 Å². The normalized spacial score (nSPS) is 13.1. The molecule has 1 aromatic rings. The number of carboxylic acids is 1. The molecule has 0 aliphatic carbocycles. The molecule has 4 N–H and O–H groups in total. The van der Waals surface area contributed by atoms with Gasteiger partial charge < -0.3 is 10.4 Å². The summed E-state index contributed by atoms with van der Waals surface area (Å²) in [5.74, 6) is -1.71. The molecule has 7 nitrogen and oxygen atoms in total. The van der Waals surface area contributed by atoms with Gasteiger partial charge in [-0.05, 0) is 12.5 Å². The van der Waals surface area contributed by atoms with Gasteiger partial charge in [-0.3, -0.25) is 20.2 Å². The van der Waals surface area contributed by atoms with Crippen LogP contribution < -0.4 is 16.0 Å². The lowest BCUT2D eigenvalue weighted by molar-refractivity contribution is -0.140. The molecule has 0 bridgehead atoms. The second-order valence-corrected chi connectivity index (χ2v) is 4.14. The first kappa shape index (κ1) is 15.6. The predicted molar refractivity (Wildman–Crippen MR) is 72.0 cm³/mol. The first-order chi connectivity index (χ1) is 9.45. The summed E-state index contributed by atoms with van der Waals surface area (Å²) in [5.41, 5.74) is 0.527. The molecule has 1 rings (SSSR count). The van der Waals surface area contributed by atoms with Gasteiger partial charge in [0.25, 0.3) is 0 Å². The number of carboxylic acid groups (broad SMARTS) is 1. The molecule has 0 saturated heterocycles. The molecule has 2 unspecified atom stereocenters. The standard InChI is InChI=1S/C13H17N3O4/c1-8(11(17)16-13(20)14-2)15-10(12(18)19)9-6-4-3-5-7-9/h3-8,10,15H,1-2H3,(H,18,19)(H2,14,16,17,20). The Morgan fingerprint density at radius 1 is 1.15 bits per heavy atom. The molecule has 20 heavy (non-hydrogen) atoms. The highest BCUT2D eigenvalue weighted by Crippen LogP contribution is 2.13. The summed E-state index contributed by atoms with van der Waals surface area (Å²) in [4.78, 5) is 34.0. The van der Waals surface area contributed by atoms with Gasteiger partial charge in [-0.15, -0.1) is 0 Å². The monoisotopic (exact) mass is 279 g/mol. The average molecular weight is 279 g/mol. The molecular weight excluding hydrogens is 262 g/mol. The molecule has 0 aliphatic rings. The molecule has 7 heteroatoms. The van der Waals surface area contributed by atoms with Crippen molar-refractivity contribution in [2.75, 3.05) is 7.05 Å². The number of amides is 3. The summed E-state index contributed by atoms with van der Waals surface area (Å²) in [6, 6.07) is 5.98. The van der Waals surface area contributed by atoms with Crippen LogP contribution in [0.3, 0.4) is 0 Å². The first-order valence-electron chi connectivity index (χ1n) is 6.02. The molecule has 0 saturated carbocycles. The van der Waals surface area contributed by atoms with E-state index in [1.54, 1.807) is 30.3 Å². The van der Waals surface area contributed by atoms with Gasteiger partial charge in [0.2, 0.25) is 5.91 Å². The van der Waals surface area contributed by atoms with E-state index in [9.17, 15) is 19.5 Å². The Labute approximate surface area is 116 Å². The van der Waals surface area contributed by atoms with E-state index in [0.717, 1.165) is 0 Å². The Bertz CT molecular complexity index is 490. The number of carbonyl (C=O) groups excluding carboxylic acids is 2. The van der Waals surface area contributed by atoms with Crippen molar-refractivity contribution in [3.8, 4) is 0 Å². The van der Waals surface area contributed by atoms with Gasteiger partial charge in [0, 0.05) is 7.05 Å². The number of carbonyl (C=O) groups is 3. The van der Waals surface area contributed by atoms with Crippen molar-refractivity contribution in [2.45, 2.75) is 19.0 Å². The summed E-state index contributed by atoms with van der Waals surface area (Å²) in [6.45, 7) is 1.48. The topological polar surface area (TPSA) is 108 Å². The fraction of sp³-hybridized carbons (Fsp3) is 0.308. The molecule has 0 heterocycles. The Kier molecular flexibility index (Phi) is 5.67. The van der Waals surface area contributed by atoms with Gasteiger partial charge in [0.05, 0.1) is 6.04 Å². The minimum atomic E-state index is -1.10. The number of urea groups is 1. The first-order valence-corrected chi connectivity index (χ1v) is 6.02. The van der Waals surface area contributed by atoms with E-state index in [1.165, 1.54) is 14.0 Å². The largest absolute Gasteiger partial charge is 0.480 e. The lowest BCUT2D eigenvalue weighted by Gasteiger charge is -2.19. The van der Waals surface area contributed by atoms with Crippen LogP contribution in [0.2, 0.25) is 0 Å². The van der Waals surface area contributed by atoms with Gasteiger partial charge >= 0.3 is 12.0 Å². The highest BCUT2D eigenvalue weighted by Gasteiger charge is 2.25. The van der Waals surface area contributed by atoms with E-state index < -0.39 is 30.0 Å². The van der Waals surface area contributed by atoms with Gasteiger partial charge in [0.15, 0.2) is 0 Å². The van der Waals surface area contributed by atoms with Crippen molar-refractivity contribution in [1.82, 2.24) is 16.0 Å². The fourth-order valence-corrected chi connectivity index (χ4v) is 1.56. The highest BCUT2D eigenvalue weighted by atomic mass is 16.4. The Morgan fingerprint density at radius 2 is 1.75 bits per heavy atom. The Morgan fingerprint density at radius 3 is 2.25 bits per heavy atom. The van der Waals surface area contributed by atoms with Crippen molar-refractivity contribution in [3.63, 3.8) is 0 Å². The molecule has 0 fully saturated rings. The third-order valence-electron chi connectivity index (χ3n) is 2.65. The van der Waals surface area contributed by atoms with Gasteiger partial charge in [-0.25, -0.2) is 4.79 Å².